The zero-order chi connectivity index (χ0) is 13.4. The molecule has 2 N–H and O–H groups in total. The van der Waals surface area contributed by atoms with Crippen LogP contribution >= 0.6 is 11.6 Å². The van der Waals surface area contributed by atoms with Crippen molar-refractivity contribution >= 4 is 17.4 Å². The number of nitrogen functional groups attached to an aromatic ring is 1. The zero-order valence-corrected chi connectivity index (χ0v) is 10.8. The molecule has 0 unspecified atom stereocenters. The second-order valence-corrected chi connectivity index (χ2v) is 5.04. The van der Waals surface area contributed by atoms with Gasteiger partial charge in [0.25, 0.3) is 0 Å². The number of hydrogen-bond acceptors (Lipinski definition) is 4. The predicted octanol–water partition coefficient (Wildman–Crippen LogP) is 3.51. The second-order valence-electron chi connectivity index (χ2n) is 4.63. The molecule has 1 saturated carbocycles. The van der Waals surface area contributed by atoms with Crippen LogP contribution in [0.1, 0.15) is 12.8 Å². The van der Waals surface area contributed by atoms with E-state index >= 15 is 0 Å². The van der Waals surface area contributed by atoms with Crippen molar-refractivity contribution in [3.63, 3.8) is 0 Å². The molecule has 0 bridgehead atoms. The first-order valence-corrected chi connectivity index (χ1v) is 6.35. The standard InChI is InChI=1S/C13H12ClFN2O2/c14-10-4-8(15)3-9(11-5-12(16)17-19-11)13(10)18-6-7-1-2-7/h3-5,7H,1-2,6H2,(H2,16,17). The van der Waals surface area contributed by atoms with Gasteiger partial charge in [-0.25, -0.2) is 4.39 Å². The number of nitrogens with two attached hydrogens (primary N) is 1. The van der Waals surface area contributed by atoms with E-state index in [1.165, 1.54) is 18.2 Å². The van der Waals surface area contributed by atoms with E-state index in [1.807, 2.05) is 0 Å². The first kappa shape index (κ1) is 12.3. The van der Waals surface area contributed by atoms with Crippen LogP contribution in [0.25, 0.3) is 11.3 Å². The van der Waals surface area contributed by atoms with Gasteiger partial charge in [-0.15, -0.1) is 0 Å². The van der Waals surface area contributed by atoms with Crippen molar-refractivity contribution in [2.45, 2.75) is 12.8 Å². The minimum Gasteiger partial charge on any atom is -0.491 e. The summed E-state index contributed by atoms with van der Waals surface area (Å²) in [6.45, 7) is 0.571. The van der Waals surface area contributed by atoms with Crippen molar-refractivity contribution in [1.29, 1.82) is 0 Å². The van der Waals surface area contributed by atoms with Crippen LogP contribution in [0.3, 0.4) is 0 Å². The van der Waals surface area contributed by atoms with Crippen molar-refractivity contribution in [3.8, 4) is 17.1 Å². The number of hydrogen-bond donors (Lipinski definition) is 1. The number of benzene rings is 1. The zero-order valence-electron chi connectivity index (χ0n) is 10.0. The highest BCUT2D eigenvalue weighted by Gasteiger charge is 2.24. The molecule has 1 aliphatic rings. The Morgan fingerprint density at radius 3 is 2.84 bits per heavy atom. The van der Waals surface area contributed by atoms with Crippen molar-refractivity contribution in [2.75, 3.05) is 12.3 Å². The third-order valence-corrected chi connectivity index (χ3v) is 3.24. The van der Waals surface area contributed by atoms with Crippen LogP contribution in [0.2, 0.25) is 5.02 Å². The van der Waals surface area contributed by atoms with Crippen molar-refractivity contribution in [3.05, 3.63) is 29.0 Å². The average Bonchev–Trinajstić information content (AvgIpc) is 3.08. The summed E-state index contributed by atoms with van der Waals surface area (Å²) < 4.78 is 24.2. The highest BCUT2D eigenvalue weighted by molar-refractivity contribution is 6.32. The van der Waals surface area contributed by atoms with Gasteiger partial charge in [0.15, 0.2) is 11.6 Å². The molecule has 100 valence electrons. The number of ether oxygens (including phenoxy) is 1. The van der Waals surface area contributed by atoms with E-state index < -0.39 is 5.82 Å². The highest BCUT2D eigenvalue weighted by atomic mass is 35.5. The first-order chi connectivity index (χ1) is 9.13. The Balaban J connectivity index is 1.99. The Morgan fingerprint density at radius 1 is 1.42 bits per heavy atom. The Kier molecular flexibility index (Phi) is 3.06. The number of aromatic nitrogens is 1. The average molecular weight is 283 g/mol. The van der Waals surface area contributed by atoms with Crippen molar-refractivity contribution in [1.82, 2.24) is 5.16 Å². The molecular weight excluding hydrogens is 271 g/mol. The molecule has 6 heteroatoms. The summed E-state index contributed by atoms with van der Waals surface area (Å²) in [5.41, 5.74) is 5.93. The summed E-state index contributed by atoms with van der Waals surface area (Å²) in [5, 5.41) is 3.80. The van der Waals surface area contributed by atoms with E-state index in [9.17, 15) is 4.39 Å². The van der Waals surface area contributed by atoms with E-state index in [0.717, 1.165) is 12.8 Å². The van der Waals surface area contributed by atoms with Crippen LogP contribution in [0, 0.1) is 11.7 Å². The summed E-state index contributed by atoms with van der Waals surface area (Å²) in [4.78, 5) is 0. The Labute approximate surface area is 114 Å². The van der Waals surface area contributed by atoms with Gasteiger partial charge in [0, 0.05) is 6.07 Å². The Hall–Kier alpha value is -1.75. The van der Waals surface area contributed by atoms with E-state index in [-0.39, 0.29) is 10.8 Å². The summed E-state index contributed by atoms with van der Waals surface area (Å²) in [5.74, 6) is 1.07. The number of nitrogens with zero attached hydrogens (tertiary/aromatic N) is 1. The van der Waals surface area contributed by atoms with Crippen molar-refractivity contribution < 1.29 is 13.7 Å². The lowest BCUT2D eigenvalue weighted by atomic mass is 10.1. The first-order valence-electron chi connectivity index (χ1n) is 5.98. The van der Waals surface area contributed by atoms with Crippen LogP contribution in [-0.2, 0) is 0 Å². The van der Waals surface area contributed by atoms with Crippen LogP contribution in [0.5, 0.6) is 5.75 Å². The Morgan fingerprint density at radius 2 is 2.21 bits per heavy atom. The lowest BCUT2D eigenvalue weighted by Crippen LogP contribution is -2.01. The topological polar surface area (TPSA) is 61.3 Å². The maximum Gasteiger partial charge on any atom is 0.172 e. The summed E-state index contributed by atoms with van der Waals surface area (Å²) >= 11 is 6.04. The van der Waals surface area contributed by atoms with Crippen LogP contribution in [0.4, 0.5) is 10.2 Å². The van der Waals surface area contributed by atoms with Gasteiger partial charge in [0.05, 0.1) is 17.2 Å². The van der Waals surface area contributed by atoms with Gasteiger partial charge in [-0.05, 0) is 30.9 Å². The lowest BCUT2D eigenvalue weighted by Gasteiger charge is -2.11. The molecule has 0 spiro atoms. The lowest BCUT2D eigenvalue weighted by molar-refractivity contribution is 0.299. The predicted molar refractivity (Wildman–Crippen MR) is 69.5 cm³/mol. The maximum atomic E-state index is 13.5. The normalized spacial score (nSPS) is 14.6. The molecule has 19 heavy (non-hydrogen) atoms. The Bertz CT molecular complexity index is 611. The third kappa shape index (κ3) is 2.66. The minimum absolute atomic E-state index is 0.214. The smallest absolute Gasteiger partial charge is 0.172 e. The van der Waals surface area contributed by atoms with Gasteiger partial charge in [0.1, 0.15) is 11.6 Å². The van der Waals surface area contributed by atoms with Gasteiger partial charge in [-0.1, -0.05) is 16.8 Å². The van der Waals surface area contributed by atoms with E-state index in [2.05, 4.69) is 5.16 Å². The highest BCUT2D eigenvalue weighted by Crippen LogP contribution is 2.39. The minimum atomic E-state index is -0.464. The summed E-state index contributed by atoms with van der Waals surface area (Å²) in [6.07, 6.45) is 2.31. The van der Waals surface area contributed by atoms with E-state index in [4.69, 9.17) is 26.6 Å². The van der Waals surface area contributed by atoms with Gasteiger partial charge in [-0.2, -0.15) is 0 Å². The monoisotopic (exact) mass is 282 g/mol. The quantitative estimate of drug-likeness (QED) is 0.932. The molecule has 0 amide bonds. The fourth-order valence-electron chi connectivity index (χ4n) is 1.79. The van der Waals surface area contributed by atoms with Crippen molar-refractivity contribution in [2.24, 2.45) is 5.92 Å². The van der Waals surface area contributed by atoms with Gasteiger partial charge >= 0.3 is 0 Å². The molecule has 1 aromatic heterocycles. The van der Waals surface area contributed by atoms with Gasteiger partial charge in [0.2, 0.25) is 0 Å². The summed E-state index contributed by atoms with van der Waals surface area (Å²) in [6, 6.07) is 4.02. The van der Waals surface area contributed by atoms with E-state index in [1.54, 1.807) is 0 Å². The van der Waals surface area contributed by atoms with Gasteiger partial charge in [-0.3, -0.25) is 0 Å². The third-order valence-electron chi connectivity index (χ3n) is 2.96. The molecule has 1 aliphatic carbocycles. The largest absolute Gasteiger partial charge is 0.491 e. The SMILES string of the molecule is Nc1cc(-c2cc(F)cc(Cl)c2OCC2CC2)on1. The molecule has 1 heterocycles. The fraction of sp³-hybridized carbons (Fsp3) is 0.308. The molecule has 3 rings (SSSR count). The molecular formula is C13H12ClFN2O2. The molecule has 0 saturated heterocycles. The van der Waals surface area contributed by atoms with E-state index in [0.29, 0.717) is 29.6 Å². The molecule has 1 fully saturated rings. The molecule has 0 aliphatic heterocycles. The number of anilines is 1. The van der Waals surface area contributed by atoms with Crippen LogP contribution < -0.4 is 10.5 Å². The molecule has 4 nitrogen and oxygen atoms in total. The number of halogens is 2. The molecule has 0 atom stereocenters. The molecule has 1 aromatic carbocycles. The van der Waals surface area contributed by atoms with Gasteiger partial charge < -0.3 is 15.0 Å². The maximum absolute atomic E-state index is 13.5. The number of rotatable bonds is 4. The fourth-order valence-corrected chi connectivity index (χ4v) is 2.05. The van der Waals surface area contributed by atoms with Crippen LogP contribution in [-0.4, -0.2) is 11.8 Å². The van der Waals surface area contributed by atoms with Crippen LogP contribution in [0.15, 0.2) is 22.7 Å². The molecule has 0 radical (unpaired) electrons. The molecule has 2 aromatic rings. The second kappa shape index (κ2) is 4.74. The summed E-state index contributed by atoms with van der Waals surface area (Å²) in [7, 11) is 0.